The van der Waals surface area contributed by atoms with Crippen molar-refractivity contribution in [3.05, 3.63) is 208 Å². The summed E-state index contributed by atoms with van der Waals surface area (Å²) in [6.45, 7) is 4.40. The van der Waals surface area contributed by atoms with Crippen LogP contribution < -0.4 is 0 Å². The first-order chi connectivity index (χ1) is 26.0. The molecule has 0 aliphatic heterocycles. The van der Waals surface area contributed by atoms with Crippen molar-refractivity contribution in [1.29, 1.82) is 0 Å². The minimum atomic E-state index is -0.521. The lowest BCUT2D eigenvalue weighted by Crippen LogP contribution is -2.32. The van der Waals surface area contributed by atoms with Crippen LogP contribution in [0.1, 0.15) is 50.9 Å². The Morgan fingerprint density at radius 1 is 0.566 bits per heavy atom. The SMILES string of the molecule is Cc1cccc(C)c1-n1c(-c2ccccc2)nc2c(C3(c4cccc(-c5ccccc5O)c4)CC4(Cc5ccccc5C4)c4ccccc43)cccc21. The second kappa shape index (κ2) is 11.9. The van der Waals surface area contributed by atoms with Gasteiger partial charge in [0.15, 0.2) is 0 Å². The van der Waals surface area contributed by atoms with Crippen LogP contribution in [0.25, 0.3) is 39.2 Å². The molecule has 0 radical (unpaired) electrons. The number of phenolic OH excluding ortho intramolecular Hbond substituents is 1. The Morgan fingerprint density at radius 2 is 1.17 bits per heavy atom. The lowest BCUT2D eigenvalue weighted by atomic mass is 9.67. The smallest absolute Gasteiger partial charge is 0.145 e. The van der Waals surface area contributed by atoms with E-state index in [4.69, 9.17) is 4.98 Å². The molecule has 1 heterocycles. The van der Waals surface area contributed by atoms with Gasteiger partial charge in [0, 0.05) is 22.0 Å². The number of hydrogen-bond donors (Lipinski definition) is 1. The largest absolute Gasteiger partial charge is 0.507 e. The van der Waals surface area contributed by atoms with Crippen molar-refractivity contribution in [1.82, 2.24) is 9.55 Å². The van der Waals surface area contributed by atoms with Crippen LogP contribution in [0.15, 0.2) is 164 Å². The zero-order valence-electron chi connectivity index (χ0n) is 30.1. The maximum atomic E-state index is 11.0. The standard InChI is InChI=1S/C50H40N2O/c1-33-15-12-16-34(2)47(33)52-44-27-14-26-43(46(44)51-48(52)35-17-4-3-5-18-35)50(39-22-13-21-36(29-39)40-23-8-11-28-45(40)53)32-49(41-24-9-10-25-42(41)50)30-37-19-6-7-20-38(37)31-49/h3-29,53H,30-32H2,1-2H3. The van der Waals surface area contributed by atoms with Crippen LogP contribution in [0.4, 0.5) is 0 Å². The average Bonchev–Trinajstić information content (AvgIpc) is 3.85. The number of fused-ring (bicyclic) bond motifs is 4. The summed E-state index contributed by atoms with van der Waals surface area (Å²) in [5.41, 5.74) is 16.2. The number of para-hydroxylation sites is 3. The number of hydrogen-bond acceptors (Lipinski definition) is 2. The fourth-order valence-electron chi connectivity index (χ4n) is 9.96. The maximum Gasteiger partial charge on any atom is 0.145 e. The third kappa shape index (κ3) is 4.70. The Kier molecular flexibility index (Phi) is 7.10. The number of imidazole rings is 1. The van der Waals surface area contributed by atoms with E-state index in [-0.39, 0.29) is 11.2 Å². The molecule has 0 amide bonds. The number of rotatable bonds is 5. The van der Waals surface area contributed by atoms with Crippen LogP contribution in [0.5, 0.6) is 5.75 Å². The van der Waals surface area contributed by atoms with Crippen LogP contribution in [-0.2, 0) is 23.7 Å². The first-order valence-corrected chi connectivity index (χ1v) is 18.7. The molecule has 3 nitrogen and oxygen atoms in total. The third-order valence-corrected chi connectivity index (χ3v) is 12.1. The van der Waals surface area contributed by atoms with E-state index >= 15 is 0 Å². The molecule has 0 fully saturated rings. The van der Waals surface area contributed by atoms with Crippen molar-refractivity contribution < 1.29 is 5.11 Å². The lowest BCUT2D eigenvalue weighted by molar-refractivity contribution is 0.395. The van der Waals surface area contributed by atoms with Crippen molar-refractivity contribution in [3.8, 4) is 34.0 Å². The summed E-state index contributed by atoms with van der Waals surface area (Å²) >= 11 is 0. The van der Waals surface area contributed by atoms with E-state index in [0.29, 0.717) is 0 Å². The third-order valence-electron chi connectivity index (χ3n) is 12.1. The van der Waals surface area contributed by atoms with Crippen LogP contribution in [0.3, 0.4) is 0 Å². The van der Waals surface area contributed by atoms with Crippen molar-refractivity contribution in [2.45, 2.75) is 43.9 Å². The van der Waals surface area contributed by atoms with Gasteiger partial charge in [0.1, 0.15) is 11.6 Å². The number of aryl methyl sites for hydroxylation is 2. The van der Waals surface area contributed by atoms with E-state index in [1.54, 1.807) is 6.07 Å². The maximum absolute atomic E-state index is 11.0. The van der Waals surface area contributed by atoms with Crippen molar-refractivity contribution in [3.63, 3.8) is 0 Å². The van der Waals surface area contributed by atoms with Gasteiger partial charge in [-0.2, -0.15) is 0 Å². The summed E-state index contributed by atoms with van der Waals surface area (Å²) in [5, 5.41) is 11.0. The fraction of sp³-hybridized carbons (Fsp3) is 0.140. The number of phenols is 1. The molecule has 10 rings (SSSR count). The van der Waals surface area contributed by atoms with Gasteiger partial charge >= 0.3 is 0 Å². The molecule has 0 saturated carbocycles. The molecule has 1 atom stereocenters. The molecular weight excluding hydrogens is 645 g/mol. The van der Waals surface area contributed by atoms with Crippen LogP contribution in [0, 0.1) is 13.8 Å². The Hall–Kier alpha value is -6.19. The minimum Gasteiger partial charge on any atom is -0.507 e. The second-order valence-corrected chi connectivity index (χ2v) is 15.2. The normalized spacial score (nSPS) is 16.9. The van der Waals surface area contributed by atoms with E-state index < -0.39 is 5.41 Å². The fourth-order valence-corrected chi connectivity index (χ4v) is 9.96. The zero-order chi connectivity index (χ0) is 35.7. The monoisotopic (exact) mass is 684 g/mol. The Labute approximate surface area is 310 Å². The highest BCUT2D eigenvalue weighted by Gasteiger charge is 2.56. The molecule has 1 aromatic heterocycles. The number of nitrogens with zero attached hydrogens (tertiary/aromatic N) is 2. The van der Waals surface area contributed by atoms with Gasteiger partial charge in [-0.25, -0.2) is 4.98 Å². The van der Waals surface area contributed by atoms with Crippen LogP contribution in [0.2, 0.25) is 0 Å². The molecule has 1 unspecified atom stereocenters. The average molecular weight is 685 g/mol. The summed E-state index contributed by atoms with van der Waals surface area (Å²) in [6, 6.07) is 58.8. The second-order valence-electron chi connectivity index (χ2n) is 15.2. The summed E-state index contributed by atoms with van der Waals surface area (Å²) in [5.74, 6) is 1.23. The Balaban J connectivity index is 1.31. The van der Waals surface area contributed by atoms with E-state index in [1.807, 2.05) is 18.2 Å². The predicted molar refractivity (Wildman–Crippen MR) is 216 cm³/mol. The van der Waals surface area contributed by atoms with E-state index in [9.17, 15) is 5.11 Å². The molecule has 2 aliphatic carbocycles. The summed E-state index contributed by atoms with van der Waals surface area (Å²) in [7, 11) is 0. The summed E-state index contributed by atoms with van der Waals surface area (Å²) in [6.07, 6.45) is 2.92. The number of benzene rings is 7. The molecular formula is C50H40N2O. The summed E-state index contributed by atoms with van der Waals surface area (Å²) in [4.78, 5) is 5.70. The van der Waals surface area contributed by atoms with Crippen LogP contribution >= 0.6 is 0 Å². The van der Waals surface area contributed by atoms with Gasteiger partial charge in [0.2, 0.25) is 0 Å². The Bertz CT molecular complexity index is 2660. The first kappa shape index (κ1) is 31.5. The molecule has 53 heavy (non-hydrogen) atoms. The number of aromatic hydroxyl groups is 1. The molecule has 1 N–H and O–H groups in total. The van der Waals surface area contributed by atoms with E-state index in [0.717, 1.165) is 52.8 Å². The van der Waals surface area contributed by atoms with Gasteiger partial charge in [0.05, 0.1) is 16.7 Å². The quantitative estimate of drug-likeness (QED) is 0.196. The molecule has 0 saturated heterocycles. The van der Waals surface area contributed by atoms with Gasteiger partial charge in [0.25, 0.3) is 0 Å². The van der Waals surface area contributed by atoms with Gasteiger partial charge < -0.3 is 5.11 Å². The van der Waals surface area contributed by atoms with Gasteiger partial charge in [-0.3, -0.25) is 4.57 Å². The highest BCUT2D eigenvalue weighted by molar-refractivity contribution is 5.89. The predicted octanol–water partition coefficient (Wildman–Crippen LogP) is 11.5. The zero-order valence-corrected chi connectivity index (χ0v) is 30.1. The van der Waals surface area contributed by atoms with Gasteiger partial charge in [-0.05, 0) is 101 Å². The molecule has 256 valence electrons. The van der Waals surface area contributed by atoms with Gasteiger partial charge in [-0.15, -0.1) is 0 Å². The van der Waals surface area contributed by atoms with Gasteiger partial charge in [-0.1, -0.05) is 146 Å². The van der Waals surface area contributed by atoms with E-state index in [1.165, 1.54) is 50.2 Å². The van der Waals surface area contributed by atoms with Crippen molar-refractivity contribution in [2.24, 2.45) is 0 Å². The number of aromatic nitrogens is 2. The van der Waals surface area contributed by atoms with Crippen molar-refractivity contribution >= 4 is 11.0 Å². The molecule has 3 heteroatoms. The lowest BCUT2D eigenvalue weighted by Gasteiger charge is -2.35. The van der Waals surface area contributed by atoms with Crippen molar-refractivity contribution in [2.75, 3.05) is 0 Å². The highest BCUT2D eigenvalue weighted by Crippen LogP contribution is 2.61. The molecule has 8 aromatic rings. The molecule has 0 bridgehead atoms. The molecule has 2 aliphatic rings. The topological polar surface area (TPSA) is 38.0 Å². The first-order valence-electron chi connectivity index (χ1n) is 18.7. The minimum absolute atomic E-state index is 0.0786. The summed E-state index contributed by atoms with van der Waals surface area (Å²) < 4.78 is 2.40. The highest BCUT2D eigenvalue weighted by atomic mass is 16.3. The van der Waals surface area contributed by atoms with Crippen LogP contribution in [-0.4, -0.2) is 14.7 Å². The van der Waals surface area contributed by atoms with E-state index in [2.05, 4.69) is 158 Å². The Morgan fingerprint density at radius 3 is 1.92 bits per heavy atom. The molecule has 7 aromatic carbocycles. The molecule has 1 spiro atoms.